The van der Waals surface area contributed by atoms with Crippen molar-refractivity contribution in [1.82, 2.24) is 10.2 Å². The summed E-state index contributed by atoms with van der Waals surface area (Å²) in [5.74, 6) is 1.18. The van der Waals surface area contributed by atoms with Crippen molar-refractivity contribution >= 4 is 0 Å². The van der Waals surface area contributed by atoms with Gasteiger partial charge in [-0.05, 0) is 23.1 Å². The fourth-order valence-corrected chi connectivity index (χ4v) is 1.53. The summed E-state index contributed by atoms with van der Waals surface area (Å²) >= 11 is 0. The van der Waals surface area contributed by atoms with E-state index < -0.39 is 0 Å². The minimum Gasteiger partial charge on any atom is -0.421 e. The lowest BCUT2D eigenvalue weighted by Crippen LogP contribution is -2.10. The van der Waals surface area contributed by atoms with Crippen LogP contribution in [-0.4, -0.2) is 10.2 Å². The highest BCUT2D eigenvalue weighted by Gasteiger charge is 2.15. The van der Waals surface area contributed by atoms with Gasteiger partial charge in [-0.15, -0.1) is 10.2 Å². The predicted molar refractivity (Wildman–Crippen MR) is 63.2 cm³/mol. The van der Waals surface area contributed by atoms with Gasteiger partial charge in [0.15, 0.2) is 0 Å². The highest BCUT2D eigenvalue weighted by atomic mass is 16.4. The van der Waals surface area contributed by atoms with Gasteiger partial charge in [0.05, 0.1) is 0 Å². The monoisotopic (exact) mass is 216 g/mol. The standard InChI is InChI=1S/C13H16N2O/c1-9-14-15-12(16-9)10-6-5-7-11(8-10)13(2,3)4/h5-8H,1-4H3. The van der Waals surface area contributed by atoms with Crippen LogP contribution in [-0.2, 0) is 5.41 Å². The SMILES string of the molecule is Cc1nnc(-c2cccc(C(C)(C)C)c2)o1. The molecule has 0 unspecified atom stereocenters. The Labute approximate surface area is 95.5 Å². The second kappa shape index (κ2) is 3.74. The van der Waals surface area contributed by atoms with Crippen LogP contribution in [0.3, 0.4) is 0 Å². The largest absolute Gasteiger partial charge is 0.421 e. The van der Waals surface area contributed by atoms with Crippen molar-refractivity contribution in [3.63, 3.8) is 0 Å². The molecule has 0 radical (unpaired) electrons. The lowest BCUT2D eigenvalue weighted by Gasteiger charge is -2.19. The summed E-state index contributed by atoms with van der Waals surface area (Å²) in [6, 6.07) is 8.23. The van der Waals surface area contributed by atoms with Crippen molar-refractivity contribution in [2.75, 3.05) is 0 Å². The number of nitrogens with zero attached hydrogens (tertiary/aromatic N) is 2. The molecule has 0 bridgehead atoms. The summed E-state index contributed by atoms with van der Waals surface area (Å²) in [6.45, 7) is 8.35. The molecule has 1 aromatic carbocycles. The maximum atomic E-state index is 5.41. The van der Waals surface area contributed by atoms with Gasteiger partial charge < -0.3 is 4.42 Å². The molecule has 16 heavy (non-hydrogen) atoms. The van der Waals surface area contributed by atoms with E-state index in [9.17, 15) is 0 Å². The van der Waals surface area contributed by atoms with E-state index in [0.717, 1.165) is 5.56 Å². The third kappa shape index (κ3) is 2.13. The van der Waals surface area contributed by atoms with Gasteiger partial charge in [-0.3, -0.25) is 0 Å². The van der Waals surface area contributed by atoms with Crippen LogP contribution in [0.1, 0.15) is 32.2 Å². The molecule has 0 N–H and O–H groups in total. The van der Waals surface area contributed by atoms with Crippen LogP contribution >= 0.6 is 0 Å². The first-order valence-corrected chi connectivity index (χ1v) is 5.38. The average Bonchev–Trinajstić information content (AvgIpc) is 2.64. The van der Waals surface area contributed by atoms with Crippen molar-refractivity contribution in [2.45, 2.75) is 33.1 Å². The smallest absolute Gasteiger partial charge is 0.247 e. The molecule has 0 amide bonds. The van der Waals surface area contributed by atoms with Crippen molar-refractivity contribution in [2.24, 2.45) is 0 Å². The lowest BCUT2D eigenvalue weighted by molar-refractivity contribution is 0.532. The van der Waals surface area contributed by atoms with Crippen LogP contribution in [0.5, 0.6) is 0 Å². The Morgan fingerprint density at radius 1 is 1.12 bits per heavy atom. The Morgan fingerprint density at radius 3 is 2.44 bits per heavy atom. The highest BCUT2D eigenvalue weighted by molar-refractivity contribution is 5.54. The Kier molecular flexibility index (Phi) is 2.54. The number of aryl methyl sites for hydroxylation is 1. The Hall–Kier alpha value is -1.64. The number of aromatic nitrogens is 2. The second-order valence-electron chi connectivity index (χ2n) is 4.96. The topological polar surface area (TPSA) is 38.9 Å². The van der Waals surface area contributed by atoms with Gasteiger partial charge in [0.25, 0.3) is 0 Å². The molecule has 0 saturated heterocycles. The molecular formula is C13H16N2O. The molecule has 0 aliphatic carbocycles. The van der Waals surface area contributed by atoms with E-state index in [-0.39, 0.29) is 5.41 Å². The second-order valence-corrected chi connectivity index (χ2v) is 4.96. The van der Waals surface area contributed by atoms with Gasteiger partial charge in [-0.2, -0.15) is 0 Å². The van der Waals surface area contributed by atoms with Crippen LogP contribution in [0, 0.1) is 6.92 Å². The predicted octanol–water partition coefficient (Wildman–Crippen LogP) is 3.34. The van der Waals surface area contributed by atoms with E-state index in [0.29, 0.717) is 11.8 Å². The number of hydrogen-bond donors (Lipinski definition) is 0. The van der Waals surface area contributed by atoms with E-state index in [4.69, 9.17) is 4.42 Å². The molecule has 0 fully saturated rings. The average molecular weight is 216 g/mol. The molecule has 1 heterocycles. The van der Waals surface area contributed by atoms with Crippen LogP contribution in [0.4, 0.5) is 0 Å². The molecule has 1 aromatic heterocycles. The van der Waals surface area contributed by atoms with E-state index >= 15 is 0 Å². The zero-order valence-electron chi connectivity index (χ0n) is 10.1. The van der Waals surface area contributed by atoms with Gasteiger partial charge in [-0.25, -0.2) is 0 Å². The maximum Gasteiger partial charge on any atom is 0.247 e. The van der Waals surface area contributed by atoms with Gasteiger partial charge in [0.2, 0.25) is 11.8 Å². The number of hydrogen-bond acceptors (Lipinski definition) is 3. The molecule has 2 aromatic rings. The van der Waals surface area contributed by atoms with E-state index in [1.807, 2.05) is 12.1 Å². The highest BCUT2D eigenvalue weighted by Crippen LogP contribution is 2.26. The minimum absolute atomic E-state index is 0.130. The van der Waals surface area contributed by atoms with Gasteiger partial charge in [0.1, 0.15) is 0 Å². The molecular weight excluding hydrogens is 200 g/mol. The molecule has 0 atom stereocenters. The normalized spacial score (nSPS) is 11.8. The lowest BCUT2D eigenvalue weighted by atomic mass is 9.86. The van der Waals surface area contributed by atoms with Crippen LogP contribution in [0.2, 0.25) is 0 Å². The molecule has 2 rings (SSSR count). The van der Waals surface area contributed by atoms with E-state index in [1.54, 1.807) is 6.92 Å². The number of benzene rings is 1. The Balaban J connectivity index is 2.44. The fraction of sp³-hybridized carbons (Fsp3) is 0.385. The molecule has 0 saturated carbocycles. The summed E-state index contributed by atoms with van der Waals surface area (Å²) in [7, 11) is 0. The van der Waals surface area contributed by atoms with Gasteiger partial charge in [0, 0.05) is 12.5 Å². The molecule has 0 aliphatic heterocycles. The van der Waals surface area contributed by atoms with Gasteiger partial charge in [-0.1, -0.05) is 32.9 Å². The van der Waals surface area contributed by atoms with Crippen molar-refractivity contribution in [1.29, 1.82) is 0 Å². The summed E-state index contributed by atoms with van der Waals surface area (Å²) in [5.41, 5.74) is 2.37. The summed E-state index contributed by atoms with van der Waals surface area (Å²) < 4.78 is 5.41. The minimum atomic E-state index is 0.130. The molecule has 0 aliphatic rings. The zero-order valence-corrected chi connectivity index (χ0v) is 10.1. The zero-order chi connectivity index (χ0) is 11.8. The van der Waals surface area contributed by atoms with Crippen molar-refractivity contribution in [3.05, 3.63) is 35.7 Å². The van der Waals surface area contributed by atoms with E-state index in [2.05, 4.69) is 43.1 Å². The Morgan fingerprint density at radius 2 is 1.88 bits per heavy atom. The van der Waals surface area contributed by atoms with Crippen LogP contribution in [0.15, 0.2) is 28.7 Å². The number of rotatable bonds is 1. The first-order chi connectivity index (χ1) is 7.47. The molecule has 3 nitrogen and oxygen atoms in total. The Bertz CT molecular complexity index is 495. The quantitative estimate of drug-likeness (QED) is 0.733. The third-order valence-electron chi connectivity index (χ3n) is 2.50. The maximum absolute atomic E-state index is 5.41. The first-order valence-electron chi connectivity index (χ1n) is 5.38. The van der Waals surface area contributed by atoms with Crippen LogP contribution in [0.25, 0.3) is 11.5 Å². The van der Waals surface area contributed by atoms with Crippen molar-refractivity contribution in [3.8, 4) is 11.5 Å². The molecule has 3 heteroatoms. The van der Waals surface area contributed by atoms with Crippen LogP contribution < -0.4 is 0 Å². The molecule has 84 valence electrons. The first kappa shape index (κ1) is 10.9. The summed E-state index contributed by atoms with van der Waals surface area (Å²) in [4.78, 5) is 0. The summed E-state index contributed by atoms with van der Waals surface area (Å²) in [6.07, 6.45) is 0. The molecule has 0 spiro atoms. The summed E-state index contributed by atoms with van der Waals surface area (Å²) in [5, 5.41) is 7.86. The van der Waals surface area contributed by atoms with E-state index in [1.165, 1.54) is 5.56 Å². The van der Waals surface area contributed by atoms with Gasteiger partial charge >= 0.3 is 0 Å². The third-order valence-corrected chi connectivity index (χ3v) is 2.50. The van der Waals surface area contributed by atoms with Crippen molar-refractivity contribution < 1.29 is 4.42 Å². The fourth-order valence-electron chi connectivity index (χ4n) is 1.53.